The summed E-state index contributed by atoms with van der Waals surface area (Å²) in [6.07, 6.45) is -1.95. The predicted octanol–water partition coefficient (Wildman–Crippen LogP) is 3.08. The fourth-order valence-corrected chi connectivity index (χ4v) is 4.80. The Bertz CT molecular complexity index is 1520. The van der Waals surface area contributed by atoms with Crippen molar-refractivity contribution in [2.24, 2.45) is 0 Å². The molecule has 1 saturated heterocycles. The second kappa shape index (κ2) is 10.5. The molecule has 2 aromatic carbocycles. The number of fused-ring (bicyclic) bond motifs is 1. The van der Waals surface area contributed by atoms with E-state index in [1.54, 1.807) is 18.2 Å². The van der Waals surface area contributed by atoms with Gasteiger partial charge >= 0.3 is 0 Å². The van der Waals surface area contributed by atoms with E-state index in [-0.39, 0.29) is 42.7 Å². The van der Waals surface area contributed by atoms with Crippen LogP contribution in [0.2, 0.25) is 0 Å². The number of nitrogens with zero attached hydrogens (tertiary/aromatic N) is 5. The zero-order chi connectivity index (χ0) is 28.6. The summed E-state index contributed by atoms with van der Waals surface area (Å²) < 4.78 is 20.6. The average Bonchev–Trinajstić information content (AvgIpc) is 3.16. The van der Waals surface area contributed by atoms with Gasteiger partial charge in [0.1, 0.15) is 30.4 Å². The van der Waals surface area contributed by atoms with Crippen LogP contribution in [-0.4, -0.2) is 68.2 Å². The maximum atomic E-state index is 14.8. The van der Waals surface area contributed by atoms with Gasteiger partial charge in [0.25, 0.3) is 5.91 Å². The topological polar surface area (TPSA) is 153 Å². The number of nitriles is 1. The molecular weight excluding hydrogens is 517 g/mol. The number of halogens is 1. The quantitative estimate of drug-likeness (QED) is 0.424. The van der Waals surface area contributed by atoms with Gasteiger partial charge in [-0.15, -0.1) is 0 Å². The lowest BCUT2D eigenvalue weighted by atomic mass is 9.86. The lowest BCUT2D eigenvalue weighted by Crippen LogP contribution is -2.51. The molecule has 0 spiro atoms. The van der Waals surface area contributed by atoms with E-state index in [0.717, 1.165) is 11.3 Å². The van der Waals surface area contributed by atoms with Gasteiger partial charge in [0, 0.05) is 29.9 Å². The van der Waals surface area contributed by atoms with Gasteiger partial charge in [-0.1, -0.05) is 6.07 Å². The highest BCUT2D eigenvalue weighted by molar-refractivity contribution is 6.06. The summed E-state index contributed by atoms with van der Waals surface area (Å²) >= 11 is 0. The maximum Gasteiger partial charge on any atom is 0.251 e. The van der Waals surface area contributed by atoms with Crippen molar-refractivity contribution < 1.29 is 23.8 Å². The highest BCUT2D eigenvalue weighted by Gasteiger charge is 2.38. The summed E-state index contributed by atoms with van der Waals surface area (Å²) in [5.41, 5.74) is 2.41. The molecule has 0 bridgehead atoms. The molecule has 206 valence electrons. The Kier molecular flexibility index (Phi) is 7.08. The van der Waals surface area contributed by atoms with Gasteiger partial charge in [0.2, 0.25) is 11.9 Å². The Labute approximate surface area is 230 Å². The Morgan fingerprint density at radius 1 is 1.30 bits per heavy atom. The highest BCUT2D eigenvalue weighted by atomic mass is 19.1. The van der Waals surface area contributed by atoms with E-state index in [1.807, 2.05) is 32.0 Å². The Hall–Kier alpha value is -4.63. The number of aromatic nitrogens is 3. The third-order valence-corrected chi connectivity index (χ3v) is 7.12. The molecule has 1 aromatic heterocycles. The van der Waals surface area contributed by atoms with Crippen LogP contribution < -0.4 is 15.4 Å². The molecule has 3 aromatic rings. The smallest absolute Gasteiger partial charge is 0.251 e. The summed E-state index contributed by atoms with van der Waals surface area (Å²) in [7, 11) is 0. The van der Waals surface area contributed by atoms with Crippen molar-refractivity contribution in [1.82, 2.24) is 19.9 Å². The normalized spacial score (nSPS) is 20.2. The van der Waals surface area contributed by atoms with Crippen LogP contribution in [0.3, 0.4) is 0 Å². The van der Waals surface area contributed by atoms with Gasteiger partial charge in [-0.3, -0.25) is 9.59 Å². The fraction of sp³-hybridized carbons (Fsp3) is 0.357. The number of amides is 2. The second-order valence-electron chi connectivity index (χ2n) is 10.3. The number of alkyl halides is 1. The van der Waals surface area contributed by atoms with Crippen LogP contribution in [0.25, 0.3) is 11.4 Å². The molecule has 12 heteroatoms. The molecule has 2 aliphatic heterocycles. The number of hydrogen-bond acceptors (Lipinski definition) is 9. The molecule has 40 heavy (non-hydrogen) atoms. The van der Waals surface area contributed by atoms with Crippen LogP contribution in [0.4, 0.5) is 21.7 Å². The van der Waals surface area contributed by atoms with Gasteiger partial charge in [0.05, 0.1) is 17.5 Å². The first-order valence-electron chi connectivity index (χ1n) is 12.8. The number of likely N-dealkylation sites (tertiary alicyclic amines) is 1. The number of hydrogen-bond donors (Lipinski definition) is 3. The number of rotatable bonds is 6. The number of aliphatic hydroxyl groups is 1. The van der Waals surface area contributed by atoms with Crippen LogP contribution in [0.15, 0.2) is 42.7 Å². The molecule has 3 N–H and O–H groups in total. The SMILES string of the molecule is C[C@H](O)C(=O)N1CC[C@H](Oc2ccc(-c3ncnc(Nc4ccc5c(c4)NC(=O)C5(C)C)n3)cc2C#N)[C@@H](F)C1. The third kappa shape index (κ3) is 5.15. The van der Waals surface area contributed by atoms with Crippen molar-refractivity contribution in [3.63, 3.8) is 0 Å². The maximum absolute atomic E-state index is 14.8. The number of aliphatic hydroxyl groups excluding tert-OH is 1. The number of carbonyl (C=O) groups is 2. The zero-order valence-corrected chi connectivity index (χ0v) is 22.2. The van der Waals surface area contributed by atoms with E-state index in [9.17, 15) is 24.3 Å². The largest absolute Gasteiger partial charge is 0.486 e. The summed E-state index contributed by atoms with van der Waals surface area (Å²) in [5, 5.41) is 25.2. The van der Waals surface area contributed by atoms with Crippen molar-refractivity contribution in [3.8, 4) is 23.2 Å². The van der Waals surface area contributed by atoms with Gasteiger partial charge in [-0.05, 0) is 56.7 Å². The van der Waals surface area contributed by atoms with Crippen LogP contribution >= 0.6 is 0 Å². The Morgan fingerprint density at radius 2 is 2.10 bits per heavy atom. The average molecular weight is 546 g/mol. The number of anilines is 3. The first-order chi connectivity index (χ1) is 19.1. The van der Waals surface area contributed by atoms with Crippen LogP contribution in [0.5, 0.6) is 5.75 Å². The van der Waals surface area contributed by atoms with E-state index in [0.29, 0.717) is 17.1 Å². The summed E-state index contributed by atoms with van der Waals surface area (Å²) in [4.78, 5) is 38.4. The van der Waals surface area contributed by atoms with E-state index < -0.39 is 29.7 Å². The van der Waals surface area contributed by atoms with Crippen molar-refractivity contribution in [2.75, 3.05) is 23.7 Å². The van der Waals surface area contributed by atoms with E-state index >= 15 is 0 Å². The lowest BCUT2D eigenvalue weighted by molar-refractivity contribution is -0.143. The van der Waals surface area contributed by atoms with Crippen molar-refractivity contribution >= 4 is 29.1 Å². The zero-order valence-electron chi connectivity index (χ0n) is 22.2. The number of piperidine rings is 1. The monoisotopic (exact) mass is 545 g/mol. The molecule has 1 fully saturated rings. The third-order valence-electron chi connectivity index (χ3n) is 7.12. The molecule has 0 unspecified atom stereocenters. The van der Waals surface area contributed by atoms with Gasteiger partial charge < -0.3 is 25.4 Å². The number of benzene rings is 2. The Morgan fingerprint density at radius 3 is 2.83 bits per heavy atom. The molecule has 11 nitrogen and oxygen atoms in total. The molecule has 0 aliphatic carbocycles. The summed E-state index contributed by atoms with van der Waals surface area (Å²) in [5.74, 6) is 0.198. The molecule has 0 radical (unpaired) electrons. The van der Waals surface area contributed by atoms with Gasteiger partial charge in [0.15, 0.2) is 12.0 Å². The van der Waals surface area contributed by atoms with Gasteiger partial charge in [-0.25, -0.2) is 14.4 Å². The first-order valence-corrected chi connectivity index (χ1v) is 12.8. The molecule has 5 rings (SSSR count). The highest BCUT2D eigenvalue weighted by Crippen LogP contribution is 2.39. The number of ether oxygens (including phenoxy) is 1. The minimum atomic E-state index is -1.47. The first kappa shape index (κ1) is 27.0. The summed E-state index contributed by atoms with van der Waals surface area (Å²) in [6.45, 7) is 5.13. The van der Waals surface area contributed by atoms with E-state index in [2.05, 4.69) is 31.7 Å². The van der Waals surface area contributed by atoms with E-state index in [4.69, 9.17) is 4.74 Å². The molecule has 2 aliphatic rings. The minimum absolute atomic E-state index is 0.0678. The minimum Gasteiger partial charge on any atom is -0.486 e. The van der Waals surface area contributed by atoms with E-state index in [1.165, 1.54) is 18.2 Å². The molecule has 2 amide bonds. The van der Waals surface area contributed by atoms with Crippen LogP contribution in [-0.2, 0) is 15.0 Å². The summed E-state index contributed by atoms with van der Waals surface area (Å²) in [6, 6.07) is 12.4. The molecule has 3 heterocycles. The second-order valence-corrected chi connectivity index (χ2v) is 10.3. The van der Waals surface area contributed by atoms with Crippen LogP contribution in [0.1, 0.15) is 38.3 Å². The van der Waals surface area contributed by atoms with Crippen molar-refractivity contribution in [3.05, 3.63) is 53.9 Å². The standard InChI is InChI=1S/C28H28FN7O4/c1-15(37)25(38)36-9-8-23(20(29)13-36)40-22-7-4-16(10-17(22)12-30)24-31-14-32-27(35-24)33-18-5-6-19-21(11-18)34-26(39)28(19,2)3/h4-7,10-11,14-15,20,23,37H,8-9,13H2,1-3H3,(H,34,39)(H,31,32,33,35)/t15-,20-,23-/m0/s1. The number of carbonyl (C=O) groups excluding carboxylic acids is 2. The molecular formula is C28H28FN7O4. The predicted molar refractivity (Wildman–Crippen MR) is 144 cm³/mol. The van der Waals surface area contributed by atoms with Crippen molar-refractivity contribution in [1.29, 1.82) is 5.26 Å². The Balaban J connectivity index is 1.30. The van der Waals surface area contributed by atoms with Gasteiger partial charge in [-0.2, -0.15) is 10.2 Å². The lowest BCUT2D eigenvalue weighted by Gasteiger charge is -2.35. The number of nitrogens with one attached hydrogen (secondary N) is 2. The molecule has 3 atom stereocenters. The van der Waals surface area contributed by atoms with Crippen molar-refractivity contribution in [2.45, 2.75) is 51.0 Å². The fourth-order valence-electron chi connectivity index (χ4n) is 4.80. The molecule has 0 saturated carbocycles. The van der Waals surface area contributed by atoms with Crippen LogP contribution in [0, 0.1) is 11.3 Å².